The summed E-state index contributed by atoms with van der Waals surface area (Å²) in [6.07, 6.45) is 6.66. The van der Waals surface area contributed by atoms with Crippen LogP contribution in [0.5, 0.6) is 0 Å². The number of carbonyl (C=O) groups is 1. The lowest BCUT2D eigenvalue weighted by molar-refractivity contribution is -0.364. The number of hydrogen-bond donors (Lipinski definition) is 1. The zero-order valence-electron chi connectivity index (χ0n) is 13.3. The minimum absolute atomic E-state index is 0.0367. The van der Waals surface area contributed by atoms with Gasteiger partial charge < -0.3 is 10.1 Å². The van der Waals surface area contributed by atoms with Gasteiger partial charge in [-0.1, -0.05) is 6.92 Å². The highest BCUT2D eigenvalue weighted by molar-refractivity contribution is 5.93. The Balaban J connectivity index is 1.54. The Morgan fingerprint density at radius 1 is 1.41 bits per heavy atom. The van der Waals surface area contributed by atoms with Crippen molar-refractivity contribution in [2.45, 2.75) is 38.7 Å². The highest BCUT2D eigenvalue weighted by atomic mass is 16.5. The Bertz CT molecular complexity index is 497. The van der Waals surface area contributed by atoms with Gasteiger partial charge in [0.05, 0.1) is 24.8 Å². The van der Waals surface area contributed by atoms with Crippen molar-refractivity contribution in [2.24, 2.45) is 5.92 Å². The van der Waals surface area contributed by atoms with Crippen LogP contribution in [0.25, 0.3) is 0 Å². The van der Waals surface area contributed by atoms with Gasteiger partial charge in [-0.2, -0.15) is 0 Å². The molecular weight excluding hydrogens is 278 g/mol. The molecule has 22 heavy (non-hydrogen) atoms. The third kappa shape index (κ3) is 3.77. The Morgan fingerprint density at radius 3 is 3.00 bits per heavy atom. The molecule has 0 aromatic carbocycles. The van der Waals surface area contributed by atoms with Gasteiger partial charge in [0.15, 0.2) is 0 Å². The number of nitrogens with zero attached hydrogens (tertiary/aromatic N) is 1. The van der Waals surface area contributed by atoms with Crippen LogP contribution in [0.4, 0.5) is 5.82 Å². The number of pyridine rings is 1. The van der Waals surface area contributed by atoms with Crippen LogP contribution in [-0.4, -0.2) is 38.3 Å². The van der Waals surface area contributed by atoms with Crippen molar-refractivity contribution in [3.8, 4) is 0 Å². The maximum atomic E-state index is 12.1. The van der Waals surface area contributed by atoms with Crippen LogP contribution >= 0.6 is 0 Å². The summed E-state index contributed by atoms with van der Waals surface area (Å²) in [6, 6.07) is 3.91. The fourth-order valence-electron chi connectivity index (χ4n) is 3.28. The van der Waals surface area contributed by atoms with E-state index < -0.39 is 0 Å². The lowest BCUT2D eigenvalue weighted by atomic mass is 10.0. The van der Waals surface area contributed by atoms with Crippen molar-refractivity contribution >= 4 is 11.7 Å². The predicted molar refractivity (Wildman–Crippen MR) is 84.9 cm³/mol. The fraction of sp³-hybridized carbons (Fsp3) is 0.647. The number of anilines is 1. The van der Waals surface area contributed by atoms with Gasteiger partial charge in [-0.15, -0.1) is 0 Å². The summed E-state index contributed by atoms with van der Waals surface area (Å²) in [6.45, 7) is 5.88. The summed E-state index contributed by atoms with van der Waals surface area (Å²) in [5.74, 6) is 1.80. The lowest BCUT2D eigenvalue weighted by Crippen LogP contribution is -2.38. The molecule has 2 N–H and O–H groups in total. The molecule has 2 atom stereocenters. The van der Waals surface area contributed by atoms with E-state index in [1.54, 1.807) is 6.20 Å². The van der Waals surface area contributed by atoms with Gasteiger partial charge in [-0.05, 0) is 37.7 Å². The van der Waals surface area contributed by atoms with Crippen LogP contribution < -0.4 is 15.2 Å². The van der Waals surface area contributed by atoms with E-state index in [-0.39, 0.29) is 12.0 Å². The van der Waals surface area contributed by atoms with Crippen molar-refractivity contribution in [1.82, 2.24) is 5.32 Å². The Labute approximate surface area is 132 Å². The van der Waals surface area contributed by atoms with E-state index >= 15 is 0 Å². The molecule has 5 nitrogen and oxygen atoms in total. The summed E-state index contributed by atoms with van der Waals surface area (Å²) >= 11 is 0. The van der Waals surface area contributed by atoms with E-state index in [1.165, 1.54) is 12.8 Å². The molecule has 3 heterocycles. The number of amides is 1. The van der Waals surface area contributed by atoms with Gasteiger partial charge in [0.2, 0.25) is 0 Å². The zero-order chi connectivity index (χ0) is 15.4. The van der Waals surface area contributed by atoms with Crippen molar-refractivity contribution in [3.63, 3.8) is 0 Å². The van der Waals surface area contributed by atoms with E-state index in [1.807, 2.05) is 12.1 Å². The molecule has 1 aromatic rings. The molecule has 0 unspecified atom stereocenters. The summed E-state index contributed by atoms with van der Waals surface area (Å²) in [7, 11) is 0. The Kier molecular flexibility index (Phi) is 4.93. The average molecular weight is 304 g/mol. The molecule has 1 amide bonds. The number of rotatable bonds is 4. The molecule has 0 aliphatic carbocycles. The molecule has 0 radical (unpaired) electrons. The zero-order valence-corrected chi connectivity index (χ0v) is 13.3. The number of hydrogen-bond acceptors (Lipinski definition) is 3. The summed E-state index contributed by atoms with van der Waals surface area (Å²) in [5, 5.41) is 2.95. The number of ether oxygens (including phenoxy) is 1. The quantitative estimate of drug-likeness (QED) is 0.920. The van der Waals surface area contributed by atoms with E-state index in [0.29, 0.717) is 12.1 Å². The number of aromatic amines is 1. The van der Waals surface area contributed by atoms with Crippen molar-refractivity contribution < 1.29 is 14.5 Å². The number of carbonyl (C=O) groups excluding carboxylic acids is 1. The first-order valence-corrected chi connectivity index (χ1v) is 8.39. The van der Waals surface area contributed by atoms with Crippen LogP contribution in [0.2, 0.25) is 0 Å². The Hall–Kier alpha value is -1.62. The van der Waals surface area contributed by atoms with E-state index in [9.17, 15) is 4.79 Å². The largest absolute Gasteiger partial charge is 0.376 e. The molecular formula is C17H26N3O2+. The first kappa shape index (κ1) is 15.3. The Morgan fingerprint density at radius 2 is 2.32 bits per heavy atom. The number of piperidine rings is 1. The second-order valence-electron chi connectivity index (χ2n) is 6.50. The smallest absolute Gasteiger partial charge is 0.274 e. The lowest BCUT2D eigenvalue weighted by Gasteiger charge is -2.25. The number of H-pyrrole nitrogens is 1. The van der Waals surface area contributed by atoms with E-state index in [0.717, 1.165) is 44.3 Å². The molecule has 2 aliphatic heterocycles. The van der Waals surface area contributed by atoms with Gasteiger partial charge in [0.25, 0.3) is 11.7 Å². The van der Waals surface area contributed by atoms with Gasteiger partial charge in [-0.25, -0.2) is 4.98 Å². The third-order valence-corrected chi connectivity index (χ3v) is 4.57. The second-order valence-corrected chi connectivity index (χ2v) is 6.50. The average Bonchev–Trinajstić information content (AvgIpc) is 3.06. The van der Waals surface area contributed by atoms with Crippen LogP contribution in [0.1, 0.15) is 43.0 Å². The maximum absolute atomic E-state index is 12.1. The van der Waals surface area contributed by atoms with Gasteiger partial charge in [0, 0.05) is 19.2 Å². The molecule has 0 spiro atoms. The van der Waals surface area contributed by atoms with Crippen LogP contribution in [0.15, 0.2) is 18.3 Å². The molecule has 0 bridgehead atoms. The molecule has 2 fully saturated rings. The van der Waals surface area contributed by atoms with Crippen molar-refractivity contribution in [1.29, 1.82) is 0 Å². The minimum Gasteiger partial charge on any atom is -0.376 e. The molecule has 3 rings (SSSR count). The molecule has 0 saturated carbocycles. The van der Waals surface area contributed by atoms with Crippen LogP contribution in [-0.2, 0) is 4.74 Å². The second kappa shape index (κ2) is 7.09. The predicted octanol–water partition coefficient (Wildman–Crippen LogP) is 1.65. The SMILES string of the molecule is C[C@@H]1CCCN(c2ccc(C(=O)NC[C@@H]3CCCO3)c[nH+]2)C1. The minimum atomic E-state index is -0.0367. The summed E-state index contributed by atoms with van der Waals surface area (Å²) < 4.78 is 5.52. The van der Waals surface area contributed by atoms with E-state index in [2.05, 4.69) is 22.1 Å². The van der Waals surface area contributed by atoms with Crippen molar-refractivity contribution in [2.75, 3.05) is 31.1 Å². The first-order chi connectivity index (χ1) is 10.7. The molecule has 1 aromatic heterocycles. The molecule has 2 saturated heterocycles. The standard InChI is InChI=1S/C17H25N3O2/c1-13-4-2-8-20(12-13)16-7-6-14(10-18-16)17(21)19-11-15-5-3-9-22-15/h6-7,10,13,15H,2-5,8-9,11-12H2,1H3,(H,19,21)/p+1/t13-,15+/m1/s1. The first-order valence-electron chi connectivity index (χ1n) is 8.39. The molecule has 5 heteroatoms. The normalized spacial score (nSPS) is 25.2. The van der Waals surface area contributed by atoms with Crippen molar-refractivity contribution in [3.05, 3.63) is 23.9 Å². The van der Waals surface area contributed by atoms with Gasteiger partial charge in [0.1, 0.15) is 6.20 Å². The van der Waals surface area contributed by atoms with E-state index in [4.69, 9.17) is 4.74 Å². The number of nitrogens with one attached hydrogen (secondary N) is 2. The third-order valence-electron chi connectivity index (χ3n) is 4.57. The van der Waals surface area contributed by atoms with Crippen LogP contribution in [0.3, 0.4) is 0 Å². The van der Waals surface area contributed by atoms with Crippen LogP contribution in [0, 0.1) is 5.92 Å². The monoisotopic (exact) mass is 304 g/mol. The molecule has 2 aliphatic rings. The highest BCUT2D eigenvalue weighted by Crippen LogP contribution is 2.19. The summed E-state index contributed by atoms with van der Waals surface area (Å²) in [4.78, 5) is 17.8. The highest BCUT2D eigenvalue weighted by Gasteiger charge is 2.23. The fourth-order valence-corrected chi connectivity index (χ4v) is 3.28. The summed E-state index contributed by atoms with van der Waals surface area (Å²) in [5.41, 5.74) is 0.673. The van der Waals surface area contributed by atoms with Gasteiger partial charge >= 0.3 is 0 Å². The maximum Gasteiger partial charge on any atom is 0.274 e. The topological polar surface area (TPSA) is 55.7 Å². The molecule has 120 valence electrons. The number of aromatic nitrogens is 1. The van der Waals surface area contributed by atoms with Gasteiger partial charge in [-0.3, -0.25) is 9.69 Å².